The molecule has 0 fully saturated rings. The van der Waals surface area contributed by atoms with Gasteiger partial charge >= 0.3 is 0 Å². The quantitative estimate of drug-likeness (QED) is 0.817. The summed E-state index contributed by atoms with van der Waals surface area (Å²) in [6, 6.07) is 10.4. The Morgan fingerprint density at radius 1 is 1.23 bits per heavy atom. The molecule has 22 heavy (non-hydrogen) atoms. The summed E-state index contributed by atoms with van der Waals surface area (Å²) in [5, 5.41) is 18.0. The highest BCUT2D eigenvalue weighted by atomic mass is 32.1. The normalized spacial score (nSPS) is 16.8. The fraction of sp³-hybridized carbons (Fsp3) is 0.444. The molecule has 1 heterocycles. The molecule has 0 bridgehead atoms. The summed E-state index contributed by atoms with van der Waals surface area (Å²) in [5.41, 5.74) is 1.39. The van der Waals surface area contributed by atoms with Crippen molar-refractivity contribution in [1.82, 2.24) is 5.32 Å². The lowest BCUT2D eigenvalue weighted by atomic mass is 9.93. The third-order valence-electron chi connectivity index (χ3n) is 4.30. The zero-order chi connectivity index (χ0) is 16.2. The maximum Gasteiger partial charge on any atom is 0.118 e. The SMILES string of the molecule is COc1ccc(C(C)C(C)NCC(C)(O)c2ccsc2)cc1. The molecule has 0 radical (unpaired) electrons. The van der Waals surface area contributed by atoms with Crippen molar-refractivity contribution in [2.45, 2.75) is 38.3 Å². The number of rotatable bonds is 7. The van der Waals surface area contributed by atoms with Gasteiger partial charge in [-0.3, -0.25) is 0 Å². The minimum Gasteiger partial charge on any atom is -0.497 e. The van der Waals surface area contributed by atoms with Crippen molar-refractivity contribution < 1.29 is 9.84 Å². The van der Waals surface area contributed by atoms with Crippen molar-refractivity contribution >= 4 is 11.3 Å². The standard InChI is InChI=1S/C18H25NO2S/c1-13(15-5-7-17(21-4)8-6-15)14(2)19-12-18(3,20)16-9-10-22-11-16/h5-11,13-14,19-20H,12H2,1-4H3. The van der Waals surface area contributed by atoms with Gasteiger partial charge in [-0.25, -0.2) is 0 Å². The first kappa shape index (κ1) is 17.0. The molecular weight excluding hydrogens is 294 g/mol. The van der Waals surface area contributed by atoms with E-state index >= 15 is 0 Å². The molecule has 2 rings (SSSR count). The van der Waals surface area contributed by atoms with Crippen molar-refractivity contribution in [2.75, 3.05) is 13.7 Å². The minimum atomic E-state index is -0.839. The zero-order valence-electron chi connectivity index (χ0n) is 13.7. The van der Waals surface area contributed by atoms with E-state index in [1.807, 2.05) is 35.9 Å². The molecule has 1 aromatic heterocycles. The molecule has 0 amide bonds. The van der Waals surface area contributed by atoms with Crippen molar-refractivity contribution in [3.63, 3.8) is 0 Å². The highest BCUT2D eigenvalue weighted by molar-refractivity contribution is 7.08. The van der Waals surface area contributed by atoms with E-state index in [0.717, 1.165) is 11.3 Å². The van der Waals surface area contributed by atoms with Gasteiger partial charge in [0, 0.05) is 12.6 Å². The molecular formula is C18H25NO2S. The van der Waals surface area contributed by atoms with Crippen LogP contribution >= 0.6 is 11.3 Å². The van der Waals surface area contributed by atoms with Gasteiger partial charge in [0.2, 0.25) is 0 Å². The van der Waals surface area contributed by atoms with Crippen LogP contribution in [-0.2, 0) is 5.60 Å². The van der Waals surface area contributed by atoms with Gasteiger partial charge in [-0.2, -0.15) is 11.3 Å². The number of hydrogen-bond acceptors (Lipinski definition) is 4. The van der Waals surface area contributed by atoms with Crippen molar-refractivity contribution in [3.05, 3.63) is 52.2 Å². The maximum atomic E-state index is 10.6. The molecule has 3 unspecified atom stereocenters. The van der Waals surface area contributed by atoms with E-state index in [1.165, 1.54) is 5.56 Å². The van der Waals surface area contributed by atoms with Gasteiger partial charge in [0.1, 0.15) is 5.75 Å². The number of aliphatic hydroxyl groups is 1. The Kier molecular flexibility index (Phi) is 5.62. The van der Waals surface area contributed by atoms with Gasteiger partial charge in [0.25, 0.3) is 0 Å². The number of thiophene rings is 1. The summed E-state index contributed by atoms with van der Waals surface area (Å²) in [5.74, 6) is 1.22. The van der Waals surface area contributed by atoms with Crippen LogP contribution in [0.5, 0.6) is 5.75 Å². The molecule has 2 N–H and O–H groups in total. The van der Waals surface area contributed by atoms with Gasteiger partial charge in [-0.05, 0) is 59.9 Å². The van der Waals surface area contributed by atoms with Crippen LogP contribution in [0.4, 0.5) is 0 Å². The number of nitrogens with one attached hydrogen (secondary N) is 1. The van der Waals surface area contributed by atoms with Crippen molar-refractivity contribution in [1.29, 1.82) is 0 Å². The van der Waals surface area contributed by atoms with E-state index in [0.29, 0.717) is 12.5 Å². The number of methoxy groups -OCH3 is 1. The summed E-state index contributed by atoms with van der Waals surface area (Å²) in [6.45, 7) is 6.73. The molecule has 3 atom stereocenters. The van der Waals surface area contributed by atoms with Crippen LogP contribution in [0, 0.1) is 0 Å². The van der Waals surface area contributed by atoms with E-state index in [4.69, 9.17) is 4.74 Å². The smallest absolute Gasteiger partial charge is 0.118 e. The molecule has 0 aliphatic rings. The minimum absolute atomic E-state index is 0.263. The molecule has 3 nitrogen and oxygen atoms in total. The predicted octanol–water partition coefficient (Wildman–Crippen LogP) is 3.75. The van der Waals surface area contributed by atoms with Crippen LogP contribution in [0.2, 0.25) is 0 Å². The molecule has 120 valence electrons. The molecule has 4 heteroatoms. The Balaban J connectivity index is 1.94. The van der Waals surface area contributed by atoms with E-state index < -0.39 is 5.60 Å². The second-order valence-electron chi connectivity index (χ2n) is 6.02. The van der Waals surface area contributed by atoms with E-state index in [-0.39, 0.29) is 6.04 Å². The Morgan fingerprint density at radius 2 is 1.91 bits per heavy atom. The third kappa shape index (κ3) is 4.09. The Hall–Kier alpha value is -1.36. The molecule has 1 aromatic carbocycles. The number of ether oxygens (including phenoxy) is 1. The van der Waals surface area contributed by atoms with Crippen molar-refractivity contribution in [2.24, 2.45) is 0 Å². The fourth-order valence-corrected chi connectivity index (χ4v) is 3.19. The largest absolute Gasteiger partial charge is 0.497 e. The topological polar surface area (TPSA) is 41.5 Å². The molecule has 0 saturated heterocycles. The van der Waals surface area contributed by atoms with Crippen LogP contribution in [0.3, 0.4) is 0 Å². The first-order valence-corrected chi connectivity index (χ1v) is 8.50. The predicted molar refractivity (Wildman–Crippen MR) is 92.8 cm³/mol. The van der Waals surface area contributed by atoms with Crippen LogP contribution in [-0.4, -0.2) is 24.8 Å². The number of benzene rings is 1. The average Bonchev–Trinajstić information content (AvgIpc) is 3.07. The first-order chi connectivity index (χ1) is 10.4. The average molecular weight is 319 g/mol. The van der Waals surface area contributed by atoms with Crippen LogP contribution in [0.1, 0.15) is 37.8 Å². The monoisotopic (exact) mass is 319 g/mol. The van der Waals surface area contributed by atoms with Gasteiger partial charge in [0.05, 0.1) is 12.7 Å². The van der Waals surface area contributed by atoms with Crippen LogP contribution in [0.25, 0.3) is 0 Å². The van der Waals surface area contributed by atoms with Gasteiger partial charge in [-0.1, -0.05) is 19.1 Å². The fourth-order valence-electron chi connectivity index (χ4n) is 2.41. The molecule has 0 aliphatic carbocycles. The molecule has 0 spiro atoms. The van der Waals surface area contributed by atoms with E-state index in [2.05, 4.69) is 31.3 Å². The Morgan fingerprint density at radius 3 is 2.45 bits per heavy atom. The van der Waals surface area contributed by atoms with Crippen LogP contribution in [0.15, 0.2) is 41.1 Å². The molecule has 0 saturated carbocycles. The maximum absolute atomic E-state index is 10.6. The lowest BCUT2D eigenvalue weighted by molar-refractivity contribution is 0.0540. The summed E-state index contributed by atoms with van der Waals surface area (Å²) < 4.78 is 5.20. The second kappa shape index (κ2) is 7.27. The molecule has 2 aromatic rings. The molecule has 0 aliphatic heterocycles. The lowest BCUT2D eigenvalue weighted by Crippen LogP contribution is -2.41. The van der Waals surface area contributed by atoms with Crippen molar-refractivity contribution in [3.8, 4) is 5.75 Å². The Bertz CT molecular complexity index is 563. The highest BCUT2D eigenvalue weighted by Crippen LogP contribution is 2.25. The van der Waals surface area contributed by atoms with E-state index in [1.54, 1.807) is 18.4 Å². The highest BCUT2D eigenvalue weighted by Gasteiger charge is 2.25. The summed E-state index contributed by atoms with van der Waals surface area (Å²) in [6.07, 6.45) is 0. The zero-order valence-corrected chi connectivity index (χ0v) is 14.5. The van der Waals surface area contributed by atoms with Gasteiger partial charge < -0.3 is 15.2 Å². The van der Waals surface area contributed by atoms with Gasteiger partial charge in [-0.15, -0.1) is 0 Å². The summed E-state index contributed by atoms with van der Waals surface area (Å²) >= 11 is 1.61. The summed E-state index contributed by atoms with van der Waals surface area (Å²) in [4.78, 5) is 0. The van der Waals surface area contributed by atoms with Gasteiger partial charge in [0.15, 0.2) is 0 Å². The lowest BCUT2D eigenvalue weighted by Gasteiger charge is -2.28. The second-order valence-corrected chi connectivity index (χ2v) is 6.80. The summed E-state index contributed by atoms with van der Waals surface area (Å²) in [7, 11) is 1.68. The third-order valence-corrected chi connectivity index (χ3v) is 4.99. The van der Waals surface area contributed by atoms with E-state index in [9.17, 15) is 5.11 Å². The number of hydrogen-bond donors (Lipinski definition) is 2. The first-order valence-electron chi connectivity index (χ1n) is 7.56. The Labute approximate surface area is 137 Å². The van der Waals surface area contributed by atoms with Crippen LogP contribution < -0.4 is 10.1 Å².